The quantitative estimate of drug-likeness (QED) is 0.205. The molecule has 0 aliphatic carbocycles. The Bertz CT molecular complexity index is 606. The Hall–Kier alpha value is -0.460. The maximum atomic E-state index is 11.0. The number of nitrogens with one attached hydrogen (secondary N) is 2. The zero-order valence-corrected chi connectivity index (χ0v) is 19.0. The van der Waals surface area contributed by atoms with Crippen LogP contribution >= 0.6 is 35.3 Å². The molecular formula is C15H29IN4O3S2. The molecule has 0 atom stereocenters. The molecule has 10 heteroatoms. The second-order valence-electron chi connectivity index (χ2n) is 5.25. The van der Waals surface area contributed by atoms with Crippen molar-refractivity contribution in [2.45, 2.75) is 26.7 Å². The monoisotopic (exact) mass is 504 g/mol. The highest BCUT2D eigenvalue weighted by Crippen LogP contribution is 2.13. The molecule has 25 heavy (non-hydrogen) atoms. The number of halogens is 1. The second-order valence-corrected chi connectivity index (χ2v) is 8.71. The molecule has 0 saturated carbocycles. The standard InChI is InChI=1S/C15H28N4O3S2.HI/c1-4-13-12-19-14(23-13)6-7-17-15(16-5-2)18-8-9-22-10-11-24(3,20)21;/h12H,4-11H2,1-3H3,(H2,16,17,18);1H. The third-order valence-corrected chi connectivity index (χ3v) is 5.14. The summed E-state index contributed by atoms with van der Waals surface area (Å²) in [4.78, 5) is 10.1. The van der Waals surface area contributed by atoms with Crippen LogP contribution in [0.15, 0.2) is 11.2 Å². The molecule has 2 N–H and O–H groups in total. The van der Waals surface area contributed by atoms with Gasteiger partial charge in [-0.1, -0.05) is 6.92 Å². The zero-order valence-electron chi connectivity index (χ0n) is 15.1. The number of thiazole rings is 1. The lowest BCUT2D eigenvalue weighted by atomic mass is 10.4. The van der Waals surface area contributed by atoms with Crippen LogP contribution in [-0.2, 0) is 27.4 Å². The minimum atomic E-state index is -2.97. The number of sulfone groups is 1. The summed E-state index contributed by atoms with van der Waals surface area (Å²) in [5.41, 5.74) is 0. The number of guanidine groups is 1. The summed E-state index contributed by atoms with van der Waals surface area (Å²) >= 11 is 1.75. The maximum absolute atomic E-state index is 11.0. The number of aromatic nitrogens is 1. The fraction of sp³-hybridized carbons (Fsp3) is 0.733. The Labute approximate surface area is 172 Å². The normalized spacial score (nSPS) is 11.9. The number of rotatable bonds is 11. The van der Waals surface area contributed by atoms with Crippen molar-refractivity contribution in [3.63, 3.8) is 0 Å². The van der Waals surface area contributed by atoms with Crippen LogP contribution in [0, 0.1) is 0 Å². The molecule has 0 unspecified atom stereocenters. The van der Waals surface area contributed by atoms with E-state index in [0.717, 1.165) is 36.9 Å². The van der Waals surface area contributed by atoms with E-state index in [2.05, 4.69) is 27.5 Å². The average molecular weight is 504 g/mol. The molecule has 1 heterocycles. The van der Waals surface area contributed by atoms with Gasteiger partial charge in [0.1, 0.15) is 9.84 Å². The molecule has 0 aromatic carbocycles. The van der Waals surface area contributed by atoms with Crippen LogP contribution in [0.25, 0.3) is 0 Å². The highest BCUT2D eigenvalue weighted by atomic mass is 127. The van der Waals surface area contributed by atoms with Crippen molar-refractivity contribution in [2.75, 3.05) is 44.9 Å². The predicted molar refractivity (Wildman–Crippen MR) is 115 cm³/mol. The van der Waals surface area contributed by atoms with Crippen molar-refractivity contribution < 1.29 is 13.2 Å². The highest BCUT2D eigenvalue weighted by Gasteiger charge is 2.03. The Morgan fingerprint density at radius 2 is 2.08 bits per heavy atom. The molecule has 1 aromatic rings. The first-order chi connectivity index (χ1) is 11.4. The topological polar surface area (TPSA) is 92.7 Å². The molecule has 1 rings (SSSR count). The van der Waals surface area contributed by atoms with E-state index in [4.69, 9.17) is 4.74 Å². The van der Waals surface area contributed by atoms with Gasteiger partial charge < -0.3 is 15.4 Å². The van der Waals surface area contributed by atoms with Crippen LogP contribution in [0.5, 0.6) is 0 Å². The van der Waals surface area contributed by atoms with E-state index in [1.54, 1.807) is 11.3 Å². The van der Waals surface area contributed by atoms with E-state index >= 15 is 0 Å². The Morgan fingerprint density at radius 1 is 1.32 bits per heavy atom. The van der Waals surface area contributed by atoms with Gasteiger partial charge in [0.05, 0.1) is 30.5 Å². The summed E-state index contributed by atoms with van der Waals surface area (Å²) in [7, 11) is -2.97. The van der Waals surface area contributed by atoms with Crippen molar-refractivity contribution in [1.82, 2.24) is 15.6 Å². The third-order valence-electron chi connectivity index (χ3n) is 3.03. The SMILES string of the molecule is CCNC(=NCCOCCS(C)(=O)=O)NCCc1ncc(CC)s1.I. The lowest BCUT2D eigenvalue weighted by Crippen LogP contribution is -2.38. The van der Waals surface area contributed by atoms with E-state index in [0.29, 0.717) is 13.2 Å². The minimum Gasteiger partial charge on any atom is -0.378 e. The summed E-state index contributed by atoms with van der Waals surface area (Å²) in [6.45, 7) is 6.77. The third kappa shape index (κ3) is 12.5. The van der Waals surface area contributed by atoms with Gasteiger partial charge in [-0.15, -0.1) is 35.3 Å². The van der Waals surface area contributed by atoms with E-state index < -0.39 is 9.84 Å². The van der Waals surface area contributed by atoms with Gasteiger partial charge in [-0.05, 0) is 13.3 Å². The van der Waals surface area contributed by atoms with Crippen molar-refractivity contribution in [3.05, 3.63) is 16.1 Å². The van der Waals surface area contributed by atoms with Gasteiger partial charge in [0.15, 0.2) is 5.96 Å². The number of hydrogen-bond acceptors (Lipinski definition) is 6. The molecule has 0 bridgehead atoms. The molecule has 0 radical (unpaired) electrons. The lowest BCUT2D eigenvalue weighted by molar-refractivity contribution is 0.157. The van der Waals surface area contributed by atoms with Crippen LogP contribution in [0.1, 0.15) is 23.7 Å². The Balaban J connectivity index is 0.00000576. The minimum absolute atomic E-state index is 0. The molecule has 146 valence electrons. The van der Waals surface area contributed by atoms with Crippen LogP contribution in [-0.4, -0.2) is 64.2 Å². The summed E-state index contributed by atoms with van der Waals surface area (Å²) in [6, 6.07) is 0. The van der Waals surface area contributed by atoms with Crippen LogP contribution in [0.2, 0.25) is 0 Å². The number of aryl methyl sites for hydroxylation is 1. The fourth-order valence-corrected chi connectivity index (χ4v) is 3.07. The molecule has 7 nitrogen and oxygen atoms in total. The molecule has 0 spiro atoms. The van der Waals surface area contributed by atoms with Crippen molar-refractivity contribution in [1.29, 1.82) is 0 Å². The molecule has 0 aliphatic rings. The first-order valence-electron chi connectivity index (χ1n) is 8.15. The van der Waals surface area contributed by atoms with E-state index in [-0.39, 0.29) is 36.3 Å². The Morgan fingerprint density at radius 3 is 2.68 bits per heavy atom. The molecule has 1 aromatic heterocycles. The number of nitrogens with zero attached hydrogens (tertiary/aromatic N) is 2. The van der Waals surface area contributed by atoms with Crippen LogP contribution in [0.4, 0.5) is 0 Å². The summed E-state index contributed by atoms with van der Waals surface area (Å²) in [5, 5.41) is 7.56. The van der Waals surface area contributed by atoms with Gasteiger partial charge in [-0.2, -0.15) is 0 Å². The van der Waals surface area contributed by atoms with Crippen molar-refractivity contribution in [2.24, 2.45) is 4.99 Å². The first kappa shape index (κ1) is 24.5. The van der Waals surface area contributed by atoms with E-state index in [1.165, 1.54) is 11.1 Å². The zero-order chi connectivity index (χ0) is 17.8. The van der Waals surface area contributed by atoms with E-state index in [9.17, 15) is 8.42 Å². The van der Waals surface area contributed by atoms with Crippen molar-refractivity contribution >= 4 is 51.1 Å². The smallest absolute Gasteiger partial charge is 0.191 e. The van der Waals surface area contributed by atoms with Gasteiger partial charge in [0.2, 0.25) is 0 Å². The number of ether oxygens (including phenoxy) is 1. The number of aliphatic imine (C=N–C) groups is 1. The summed E-state index contributed by atoms with van der Waals surface area (Å²) in [6.07, 6.45) is 5.02. The van der Waals surface area contributed by atoms with Gasteiger partial charge in [-0.3, -0.25) is 4.99 Å². The Kier molecular flexibility index (Phi) is 13.5. The molecule has 0 aliphatic heterocycles. The molecule has 0 amide bonds. The highest BCUT2D eigenvalue weighted by molar-refractivity contribution is 14.0. The van der Waals surface area contributed by atoms with E-state index in [1.807, 2.05) is 13.1 Å². The van der Waals surface area contributed by atoms with Gasteiger partial charge in [0, 0.05) is 36.8 Å². The van der Waals surface area contributed by atoms with Crippen LogP contribution < -0.4 is 10.6 Å². The second kappa shape index (κ2) is 13.7. The lowest BCUT2D eigenvalue weighted by Gasteiger charge is -2.10. The van der Waals surface area contributed by atoms with Crippen LogP contribution in [0.3, 0.4) is 0 Å². The van der Waals surface area contributed by atoms with Gasteiger partial charge in [0.25, 0.3) is 0 Å². The number of hydrogen-bond donors (Lipinski definition) is 2. The summed E-state index contributed by atoms with van der Waals surface area (Å²) in [5.74, 6) is 0.777. The van der Waals surface area contributed by atoms with Crippen molar-refractivity contribution in [3.8, 4) is 0 Å². The first-order valence-corrected chi connectivity index (χ1v) is 11.0. The average Bonchev–Trinajstić information content (AvgIpc) is 2.97. The van der Waals surface area contributed by atoms with Gasteiger partial charge in [-0.25, -0.2) is 13.4 Å². The maximum Gasteiger partial charge on any atom is 0.191 e. The fourth-order valence-electron chi connectivity index (χ4n) is 1.79. The predicted octanol–water partition coefficient (Wildman–Crippen LogP) is 1.48. The van der Waals surface area contributed by atoms with Gasteiger partial charge >= 0.3 is 0 Å². The summed E-state index contributed by atoms with van der Waals surface area (Å²) < 4.78 is 27.2. The molecular weight excluding hydrogens is 475 g/mol. The molecule has 0 saturated heterocycles. The largest absolute Gasteiger partial charge is 0.378 e. The molecule has 0 fully saturated rings.